The first-order chi connectivity index (χ1) is 9.81. The molecule has 0 saturated carbocycles. The Morgan fingerprint density at radius 1 is 1.48 bits per heavy atom. The zero-order chi connectivity index (χ0) is 15.6. The summed E-state index contributed by atoms with van der Waals surface area (Å²) in [5, 5.41) is 4.59. The van der Waals surface area contributed by atoms with Gasteiger partial charge in [0.25, 0.3) is 0 Å². The Balaban J connectivity index is 2.44. The molecule has 5 nitrogen and oxygen atoms in total. The van der Waals surface area contributed by atoms with E-state index in [1.165, 1.54) is 10.9 Å². The van der Waals surface area contributed by atoms with E-state index < -0.39 is 5.97 Å². The first-order valence-corrected chi connectivity index (χ1v) is 7.37. The average molecular weight is 310 g/mol. The summed E-state index contributed by atoms with van der Waals surface area (Å²) in [6.07, 6.45) is 4.79. The van der Waals surface area contributed by atoms with Gasteiger partial charge in [0, 0.05) is 12.1 Å². The number of esters is 1. The molecule has 0 fully saturated rings. The molecule has 0 spiro atoms. The van der Waals surface area contributed by atoms with Gasteiger partial charge in [-0.25, -0.2) is 14.5 Å². The second-order valence-corrected chi connectivity index (χ2v) is 6.55. The number of allylic oxidation sites excluding steroid dienone is 1. The summed E-state index contributed by atoms with van der Waals surface area (Å²) in [5.41, 5.74) is 1.43. The van der Waals surface area contributed by atoms with Crippen LogP contribution in [0.5, 0.6) is 0 Å². The van der Waals surface area contributed by atoms with E-state index in [9.17, 15) is 4.79 Å². The number of nitrogens with zero attached hydrogens (tertiary/aromatic N) is 3. The zero-order valence-corrected chi connectivity index (χ0v) is 13.6. The van der Waals surface area contributed by atoms with E-state index in [4.69, 9.17) is 16.3 Å². The van der Waals surface area contributed by atoms with E-state index in [1.54, 1.807) is 6.92 Å². The molecule has 0 saturated heterocycles. The molecule has 114 valence electrons. The fourth-order valence-corrected chi connectivity index (χ4v) is 2.37. The molecule has 0 N–H and O–H groups in total. The summed E-state index contributed by atoms with van der Waals surface area (Å²) < 4.78 is 6.52. The normalized spacial score (nSPS) is 14.9. The molecule has 2 heterocycles. The summed E-state index contributed by atoms with van der Waals surface area (Å²) in [6, 6.07) is 0. The van der Waals surface area contributed by atoms with Gasteiger partial charge in [0.1, 0.15) is 10.7 Å². The molecular formula is C15H20ClN3O2. The van der Waals surface area contributed by atoms with Crippen molar-refractivity contribution in [1.29, 1.82) is 0 Å². The van der Waals surface area contributed by atoms with Gasteiger partial charge in [-0.1, -0.05) is 32.4 Å². The van der Waals surface area contributed by atoms with Crippen molar-refractivity contribution in [3.05, 3.63) is 17.8 Å². The molecule has 1 aliphatic rings. The zero-order valence-electron chi connectivity index (χ0n) is 12.8. The molecule has 6 heteroatoms. The average Bonchev–Trinajstić information content (AvgIpc) is 2.71. The highest BCUT2D eigenvalue weighted by Gasteiger charge is 2.23. The molecule has 0 atom stereocenters. The smallest absolute Gasteiger partial charge is 0.343 e. The van der Waals surface area contributed by atoms with Crippen molar-refractivity contribution >= 4 is 34.3 Å². The topological polar surface area (TPSA) is 56.5 Å². The highest BCUT2D eigenvalue weighted by molar-refractivity contribution is 6.45. The molecule has 0 aromatic carbocycles. The van der Waals surface area contributed by atoms with Crippen molar-refractivity contribution in [2.45, 2.75) is 40.5 Å². The van der Waals surface area contributed by atoms with Crippen LogP contribution in [-0.4, -0.2) is 28.1 Å². The highest BCUT2D eigenvalue weighted by atomic mass is 35.5. The monoisotopic (exact) mass is 309 g/mol. The number of hydrogen-bond donors (Lipinski definition) is 0. The summed E-state index contributed by atoms with van der Waals surface area (Å²) >= 11 is 6.22. The maximum Gasteiger partial charge on any atom is 0.343 e. The Bertz CT molecular complexity index is 609. The maximum atomic E-state index is 12.0. The summed E-state index contributed by atoms with van der Waals surface area (Å²) in [7, 11) is 0. The van der Waals surface area contributed by atoms with Crippen LogP contribution in [0.2, 0.25) is 0 Å². The molecule has 0 amide bonds. The van der Waals surface area contributed by atoms with Gasteiger partial charge < -0.3 is 4.74 Å². The van der Waals surface area contributed by atoms with E-state index in [0.29, 0.717) is 29.6 Å². The fraction of sp³-hybridized carbons (Fsp3) is 0.533. The van der Waals surface area contributed by atoms with E-state index >= 15 is 0 Å². The highest BCUT2D eigenvalue weighted by Crippen LogP contribution is 2.31. The summed E-state index contributed by atoms with van der Waals surface area (Å²) in [4.78, 5) is 16.6. The van der Waals surface area contributed by atoms with E-state index in [-0.39, 0.29) is 5.41 Å². The molecule has 0 bridgehead atoms. The Kier molecular flexibility index (Phi) is 4.52. The second-order valence-electron chi connectivity index (χ2n) is 6.16. The Labute approximate surface area is 129 Å². The quantitative estimate of drug-likeness (QED) is 0.793. The Morgan fingerprint density at radius 3 is 2.81 bits per heavy atom. The number of aliphatic imine (C=N–C) groups is 1. The Hall–Kier alpha value is -1.62. The first-order valence-electron chi connectivity index (χ1n) is 6.99. The molecule has 0 aliphatic carbocycles. The molecule has 1 aromatic rings. The van der Waals surface area contributed by atoms with Crippen LogP contribution in [0.4, 0.5) is 5.82 Å². The molecular weight excluding hydrogens is 290 g/mol. The van der Waals surface area contributed by atoms with Gasteiger partial charge in [-0.15, -0.1) is 0 Å². The van der Waals surface area contributed by atoms with Crippen molar-refractivity contribution in [2.75, 3.05) is 6.61 Å². The Morgan fingerprint density at radius 2 is 2.19 bits per heavy atom. The number of carbonyl (C=O) groups is 1. The standard InChI is InChI=1S/C15H20ClN3O2/c1-5-21-14(20)11-9-17-19-12(16)7-6-10(18-13(11)19)8-15(2,3)4/h7,9H,5-6,8H2,1-4H3. The minimum atomic E-state index is -0.427. The van der Waals surface area contributed by atoms with Crippen molar-refractivity contribution in [3.8, 4) is 0 Å². The third kappa shape index (κ3) is 3.73. The summed E-state index contributed by atoms with van der Waals surface area (Å²) in [6.45, 7) is 8.52. The molecule has 1 aliphatic heterocycles. The van der Waals surface area contributed by atoms with Crippen molar-refractivity contribution in [3.63, 3.8) is 0 Å². The van der Waals surface area contributed by atoms with Crippen LogP contribution in [0.1, 0.15) is 50.9 Å². The van der Waals surface area contributed by atoms with Crippen LogP contribution in [0.15, 0.2) is 17.3 Å². The van der Waals surface area contributed by atoms with E-state index in [2.05, 4.69) is 30.9 Å². The van der Waals surface area contributed by atoms with E-state index in [0.717, 1.165) is 12.1 Å². The third-order valence-corrected chi connectivity index (χ3v) is 3.26. The van der Waals surface area contributed by atoms with Crippen LogP contribution in [0, 0.1) is 5.41 Å². The SMILES string of the molecule is CCOC(=O)c1cnn2c1N=C(CC(C)(C)C)CC=C2Cl. The van der Waals surface area contributed by atoms with Crippen LogP contribution < -0.4 is 0 Å². The van der Waals surface area contributed by atoms with Crippen LogP contribution in [0.25, 0.3) is 5.16 Å². The number of hydrogen-bond acceptors (Lipinski definition) is 4. The lowest BCUT2D eigenvalue weighted by molar-refractivity contribution is 0.0527. The van der Waals surface area contributed by atoms with E-state index in [1.807, 2.05) is 6.08 Å². The van der Waals surface area contributed by atoms with Gasteiger partial charge in [0.15, 0.2) is 5.82 Å². The molecule has 0 unspecified atom stereocenters. The second kappa shape index (κ2) is 6.02. The van der Waals surface area contributed by atoms with Gasteiger partial charge in [-0.3, -0.25) is 0 Å². The van der Waals surface area contributed by atoms with Crippen molar-refractivity contribution < 1.29 is 9.53 Å². The van der Waals surface area contributed by atoms with Gasteiger partial charge >= 0.3 is 5.97 Å². The first kappa shape index (κ1) is 15.8. The number of fused-ring (bicyclic) bond motifs is 1. The fourth-order valence-electron chi connectivity index (χ4n) is 2.17. The molecule has 1 aromatic heterocycles. The van der Waals surface area contributed by atoms with Crippen LogP contribution >= 0.6 is 11.6 Å². The number of rotatable bonds is 3. The van der Waals surface area contributed by atoms with Gasteiger partial charge in [-0.2, -0.15) is 5.10 Å². The predicted octanol–water partition coefficient (Wildman–Crippen LogP) is 4.01. The van der Waals surface area contributed by atoms with Gasteiger partial charge in [-0.05, 0) is 24.8 Å². The summed E-state index contributed by atoms with van der Waals surface area (Å²) in [5.74, 6) is 0.0235. The minimum absolute atomic E-state index is 0.110. The molecule has 2 rings (SSSR count). The lowest BCUT2D eigenvalue weighted by Crippen LogP contribution is -2.12. The van der Waals surface area contributed by atoms with Crippen molar-refractivity contribution in [1.82, 2.24) is 9.78 Å². The largest absolute Gasteiger partial charge is 0.462 e. The van der Waals surface area contributed by atoms with Gasteiger partial charge in [0.2, 0.25) is 0 Å². The van der Waals surface area contributed by atoms with Crippen LogP contribution in [0.3, 0.4) is 0 Å². The molecule has 21 heavy (non-hydrogen) atoms. The van der Waals surface area contributed by atoms with Crippen molar-refractivity contribution in [2.24, 2.45) is 10.4 Å². The minimum Gasteiger partial charge on any atom is -0.462 e. The lowest BCUT2D eigenvalue weighted by atomic mass is 9.88. The predicted molar refractivity (Wildman–Crippen MR) is 84.1 cm³/mol. The van der Waals surface area contributed by atoms with Gasteiger partial charge in [0.05, 0.1) is 12.8 Å². The van der Waals surface area contributed by atoms with Crippen LogP contribution in [-0.2, 0) is 4.74 Å². The number of carbonyl (C=O) groups excluding carboxylic acids is 1. The lowest BCUT2D eigenvalue weighted by Gasteiger charge is -2.18. The number of ether oxygens (including phenoxy) is 1. The third-order valence-electron chi connectivity index (χ3n) is 2.95. The molecule has 0 radical (unpaired) electrons. The number of halogens is 1. The number of aromatic nitrogens is 2. The maximum absolute atomic E-state index is 12.0.